The molecule has 1 saturated carbocycles. The lowest BCUT2D eigenvalue weighted by molar-refractivity contribution is -0.142. The van der Waals surface area contributed by atoms with Crippen molar-refractivity contribution < 1.29 is 14.7 Å². The van der Waals surface area contributed by atoms with Crippen molar-refractivity contribution in [3.63, 3.8) is 0 Å². The molecule has 2 atom stereocenters. The summed E-state index contributed by atoms with van der Waals surface area (Å²) in [5.41, 5.74) is 4.94. The fourth-order valence-corrected chi connectivity index (χ4v) is 1.52. The van der Waals surface area contributed by atoms with Crippen molar-refractivity contribution in [1.29, 1.82) is 0 Å². The van der Waals surface area contributed by atoms with Crippen LogP contribution in [0.15, 0.2) is 0 Å². The molecule has 86 valence electrons. The largest absolute Gasteiger partial charge is 0.480 e. The van der Waals surface area contributed by atoms with Crippen molar-refractivity contribution >= 4 is 11.9 Å². The van der Waals surface area contributed by atoms with Crippen molar-refractivity contribution in [2.45, 2.75) is 44.7 Å². The second kappa shape index (κ2) is 4.18. The minimum atomic E-state index is -1.02. The molecule has 5 nitrogen and oxygen atoms in total. The average Bonchev–Trinajstić information content (AvgIpc) is 2.95. The van der Waals surface area contributed by atoms with Gasteiger partial charge in [0.05, 0.1) is 5.54 Å². The maximum Gasteiger partial charge on any atom is 0.326 e. The number of hydrogen-bond donors (Lipinski definition) is 3. The maximum absolute atomic E-state index is 11.7. The van der Waals surface area contributed by atoms with E-state index in [9.17, 15) is 9.59 Å². The number of carbonyl (C=O) groups is 2. The molecule has 0 spiro atoms. The molecule has 0 aromatic rings. The Morgan fingerprint density at radius 3 is 2.47 bits per heavy atom. The lowest BCUT2D eigenvalue weighted by Crippen LogP contribution is -2.56. The normalized spacial score (nSPS) is 21.5. The van der Waals surface area contributed by atoms with Crippen LogP contribution in [-0.2, 0) is 9.59 Å². The Hall–Kier alpha value is -1.10. The van der Waals surface area contributed by atoms with Crippen LogP contribution in [0.2, 0.25) is 0 Å². The van der Waals surface area contributed by atoms with Gasteiger partial charge in [-0.25, -0.2) is 4.79 Å². The molecular formula is C10H18N2O3. The van der Waals surface area contributed by atoms with Crippen molar-refractivity contribution in [2.75, 3.05) is 0 Å². The third kappa shape index (κ3) is 2.68. The molecule has 1 aliphatic rings. The van der Waals surface area contributed by atoms with E-state index in [1.807, 2.05) is 0 Å². The van der Waals surface area contributed by atoms with Gasteiger partial charge < -0.3 is 16.2 Å². The van der Waals surface area contributed by atoms with Gasteiger partial charge in [-0.2, -0.15) is 0 Å². The van der Waals surface area contributed by atoms with E-state index in [2.05, 4.69) is 5.32 Å². The fourth-order valence-electron chi connectivity index (χ4n) is 1.52. The van der Waals surface area contributed by atoms with E-state index in [-0.39, 0.29) is 11.8 Å². The first-order chi connectivity index (χ1) is 6.89. The number of amides is 1. The van der Waals surface area contributed by atoms with Crippen molar-refractivity contribution in [3.8, 4) is 0 Å². The minimum absolute atomic E-state index is 0.198. The number of rotatable bonds is 5. The second-order valence-electron chi connectivity index (χ2n) is 4.33. The molecule has 0 heterocycles. The zero-order valence-corrected chi connectivity index (χ0v) is 9.12. The first-order valence-electron chi connectivity index (χ1n) is 5.22. The molecule has 1 aliphatic carbocycles. The van der Waals surface area contributed by atoms with Gasteiger partial charge in [-0.3, -0.25) is 4.79 Å². The Morgan fingerprint density at radius 1 is 1.60 bits per heavy atom. The SMILES string of the molecule is CCC(NC(=O)C(C)(N)C1CC1)C(=O)O. The topological polar surface area (TPSA) is 92.4 Å². The first kappa shape index (κ1) is 12.0. The zero-order chi connectivity index (χ0) is 11.6. The van der Waals surface area contributed by atoms with Crippen LogP contribution in [0, 0.1) is 5.92 Å². The second-order valence-corrected chi connectivity index (χ2v) is 4.33. The highest BCUT2D eigenvalue weighted by atomic mass is 16.4. The molecule has 4 N–H and O–H groups in total. The Labute approximate surface area is 89.0 Å². The quantitative estimate of drug-likeness (QED) is 0.605. The van der Waals surface area contributed by atoms with Crippen molar-refractivity contribution in [2.24, 2.45) is 11.7 Å². The van der Waals surface area contributed by atoms with Crippen molar-refractivity contribution in [3.05, 3.63) is 0 Å². The third-order valence-electron chi connectivity index (χ3n) is 2.93. The molecule has 0 aliphatic heterocycles. The number of nitrogens with one attached hydrogen (secondary N) is 1. The highest BCUT2D eigenvalue weighted by Crippen LogP contribution is 2.38. The van der Waals surface area contributed by atoms with Crippen LogP contribution in [0.5, 0.6) is 0 Å². The lowest BCUT2D eigenvalue weighted by atomic mass is 9.95. The molecule has 1 fully saturated rings. The molecule has 0 aromatic heterocycles. The van der Waals surface area contributed by atoms with E-state index in [1.54, 1.807) is 13.8 Å². The summed E-state index contributed by atoms with van der Waals surface area (Å²) in [6.45, 7) is 3.37. The van der Waals surface area contributed by atoms with E-state index >= 15 is 0 Å². The van der Waals surface area contributed by atoms with E-state index in [4.69, 9.17) is 10.8 Å². The van der Waals surface area contributed by atoms with Crippen LogP contribution in [0.4, 0.5) is 0 Å². The molecular weight excluding hydrogens is 196 g/mol. The van der Waals surface area contributed by atoms with Gasteiger partial charge in [0.1, 0.15) is 6.04 Å². The van der Waals surface area contributed by atoms with E-state index in [0.29, 0.717) is 6.42 Å². The average molecular weight is 214 g/mol. The summed E-state index contributed by atoms with van der Waals surface area (Å²) in [5.74, 6) is -1.18. The number of carboxylic acids is 1. The molecule has 5 heteroatoms. The zero-order valence-electron chi connectivity index (χ0n) is 9.12. The smallest absolute Gasteiger partial charge is 0.326 e. The summed E-state index contributed by atoms with van der Waals surface area (Å²) in [7, 11) is 0. The molecule has 0 bridgehead atoms. The van der Waals surface area contributed by atoms with Gasteiger partial charge in [-0.15, -0.1) is 0 Å². The maximum atomic E-state index is 11.7. The highest BCUT2D eigenvalue weighted by molar-refractivity contribution is 5.90. The molecule has 1 amide bonds. The van der Waals surface area contributed by atoms with Crippen molar-refractivity contribution in [1.82, 2.24) is 5.32 Å². The minimum Gasteiger partial charge on any atom is -0.480 e. The Bertz CT molecular complexity index is 272. The predicted molar refractivity (Wildman–Crippen MR) is 55.2 cm³/mol. The molecule has 0 saturated heterocycles. The molecule has 2 unspecified atom stereocenters. The fraction of sp³-hybridized carbons (Fsp3) is 0.800. The van der Waals surface area contributed by atoms with Gasteiger partial charge in [-0.05, 0) is 32.1 Å². The van der Waals surface area contributed by atoms with Gasteiger partial charge in [-0.1, -0.05) is 6.92 Å². The van der Waals surface area contributed by atoms with Crippen LogP contribution in [0.25, 0.3) is 0 Å². The monoisotopic (exact) mass is 214 g/mol. The molecule has 15 heavy (non-hydrogen) atoms. The predicted octanol–water partition coefficient (Wildman–Crippen LogP) is 0.0932. The number of carbonyl (C=O) groups excluding carboxylic acids is 1. The number of carboxylic acid groups (broad SMARTS) is 1. The van der Waals surface area contributed by atoms with Crippen LogP contribution in [0.3, 0.4) is 0 Å². The summed E-state index contributed by atoms with van der Waals surface area (Å²) in [5, 5.41) is 11.3. The Kier molecular flexibility index (Phi) is 3.34. The van der Waals surface area contributed by atoms with Gasteiger partial charge >= 0.3 is 5.97 Å². The standard InChI is InChI=1S/C10H18N2O3/c1-3-7(8(13)14)12-9(15)10(2,11)6-4-5-6/h6-7H,3-5,11H2,1-2H3,(H,12,15)(H,13,14). The summed E-state index contributed by atoms with van der Waals surface area (Å²) in [4.78, 5) is 22.4. The van der Waals surface area contributed by atoms with Gasteiger partial charge in [0.2, 0.25) is 5.91 Å². The molecule has 1 rings (SSSR count). The summed E-state index contributed by atoms with van der Waals surface area (Å²) in [6, 6.07) is -0.834. The van der Waals surface area contributed by atoms with Gasteiger partial charge in [0.25, 0.3) is 0 Å². The molecule has 0 radical (unpaired) electrons. The van der Waals surface area contributed by atoms with E-state index < -0.39 is 17.6 Å². The number of aliphatic carboxylic acids is 1. The Balaban J connectivity index is 2.57. The lowest BCUT2D eigenvalue weighted by Gasteiger charge is -2.25. The van der Waals surface area contributed by atoms with Crippen LogP contribution < -0.4 is 11.1 Å². The van der Waals surface area contributed by atoms with E-state index in [1.165, 1.54) is 0 Å². The van der Waals surface area contributed by atoms with E-state index in [0.717, 1.165) is 12.8 Å². The molecule has 0 aromatic carbocycles. The third-order valence-corrected chi connectivity index (χ3v) is 2.93. The summed E-state index contributed by atoms with van der Waals surface area (Å²) in [6.07, 6.45) is 2.26. The van der Waals surface area contributed by atoms with Gasteiger partial charge in [0, 0.05) is 0 Å². The highest BCUT2D eigenvalue weighted by Gasteiger charge is 2.44. The Morgan fingerprint density at radius 2 is 2.13 bits per heavy atom. The number of hydrogen-bond acceptors (Lipinski definition) is 3. The van der Waals surface area contributed by atoms with Crippen LogP contribution in [0.1, 0.15) is 33.1 Å². The summed E-state index contributed by atoms with van der Waals surface area (Å²) >= 11 is 0. The van der Waals surface area contributed by atoms with Crippen LogP contribution >= 0.6 is 0 Å². The van der Waals surface area contributed by atoms with Gasteiger partial charge in [0.15, 0.2) is 0 Å². The number of nitrogens with two attached hydrogens (primary N) is 1. The summed E-state index contributed by atoms with van der Waals surface area (Å²) < 4.78 is 0. The van der Waals surface area contributed by atoms with Crippen LogP contribution in [-0.4, -0.2) is 28.6 Å². The first-order valence-corrected chi connectivity index (χ1v) is 5.22.